The van der Waals surface area contributed by atoms with Gasteiger partial charge in [0, 0.05) is 33.1 Å². The normalized spacial score (nSPS) is 25.3. The Balaban J connectivity index is 2.30. The van der Waals surface area contributed by atoms with E-state index in [9.17, 15) is 15.0 Å². The maximum Gasteiger partial charge on any atom is 0.321 e. The minimum absolute atomic E-state index is 0.00911. The Bertz CT molecular complexity index is 1030. The number of benzene rings is 2. The second kappa shape index (κ2) is 9.76. The molecular formula is C24H29Cl2FN2O4. The predicted molar refractivity (Wildman–Crippen MR) is 126 cm³/mol. The van der Waals surface area contributed by atoms with Crippen molar-refractivity contribution in [1.29, 1.82) is 0 Å². The molecule has 33 heavy (non-hydrogen) atoms. The van der Waals surface area contributed by atoms with Gasteiger partial charge in [0.05, 0.1) is 12.1 Å². The number of rotatable bonds is 7. The molecule has 2 aromatic carbocycles. The number of aliphatic carboxylic acids is 1. The van der Waals surface area contributed by atoms with Crippen LogP contribution in [-0.2, 0) is 10.3 Å². The van der Waals surface area contributed by atoms with Gasteiger partial charge in [-0.25, -0.2) is 4.39 Å². The van der Waals surface area contributed by atoms with Crippen LogP contribution in [0.1, 0.15) is 44.2 Å². The van der Waals surface area contributed by atoms with Crippen LogP contribution in [0.25, 0.3) is 0 Å². The Labute approximate surface area is 202 Å². The number of hydrogen-bond acceptors (Lipinski definition) is 5. The third-order valence-electron chi connectivity index (χ3n) is 5.94. The molecule has 0 spiro atoms. The molecule has 6 nitrogen and oxygen atoms in total. The first-order chi connectivity index (χ1) is 15.4. The van der Waals surface area contributed by atoms with Gasteiger partial charge in [-0.1, -0.05) is 50.0 Å². The molecule has 4 atom stereocenters. The summed E-state index contributed by atoms with van der Waals surface area (Å²) in [4.78, 5) is 12.4. The third-order valence-corrected chi connectivity index (χ3v) is 6.41. The van der Waals surface area contributed by atoms with Gasteiger partial charge in [-0.2, -0.15) is 0 Å². The fourth-order valence-electron chi connectivity index (χ4n) is 4.68. The first kappa shape index (κ1) is 25.7. The van der Waals surface area contributed by atoms with E-state index in [4.69, 9.17) is 33.7 Å². The third kappa shape index (κ3) is 5.28. The van der Waals surface area contributed by atoms with Crippen LogP contribution in [0, 0.1) is 11.2 Å². The summed E-state index contributed by atoms with van der Waals surface area (Å²) < 4.78 is 21.0. The van der Waals surface area contributed by atoms with Crippen LogP contribution < -0.4 is 15.8 Å². The van der Waals surface area contributed by atoms with Crippen molar-refractivity contribution in [3.63, 3.8) is 0 Å². The summed E-state index contributed by atoms with van der Waals surface area (Å²) in [6.45, 7) is 5.77. The average Bonchev–Trinajstić information content (AvgIpc) is 2.98. The van der Waals surface area contributed by atoms with Crippen molar-refractivity contribution in [1.82, 2.24) is 5.32 Å². The number of hydrogen-bond donors (Lipinski definition) is 4. The van der Waals surface area contributed by atoms with E-state index in [1.54, 1.807) is 18.2 Å². The van der Waals surface area contributed by atoms with Crippen LogP contribution in [-0.4, -0.2) is 41.5 Å². The topological polar surface area (TPSA) is 105 Å². The minimum Gasteiger partial charge on any atom is -0.491 e. The van der Waals surface area contributed by atoms with E-state index < -0.39 is 35.3 Å². The predicted octanol–water partition coefficient (Wildman–Crippen LogP) is 4.30. The molecular weight excluding hydrogens is 470 g/mol. The lowest BCUT2D eigenvalue weighted by Gasteiger charge is -2.40. The standard InChI is InChI=1S/C24H29Cl2FN2O4/c1-23(2,3)12-19-24(28,16-6-4-14(26)11-17(16)27)20(21(29-19)22(31)32)15-10-13(25)5-7-18(15)33-9-8-30/h4-7,10-11,19-21,29-30H,8-9,12,28H2,1-3H3,(H,31,32)/t19-,20-,21+,24+/m0/s1. The van der Waals surface area contributed by atoms with Crippen LogP contribution in [0.3, 0.4) is 0 Å². The highest BCUT2D eigenvalue weighted by molar-refractivity contribution is 6.31. The molecule has 1 saturated heterocycles. The number of ether oxygens (including phenoxy) is 1. The molecule has 9 heteroatoms. The van der Waals surface area contributed by atoms with Crippen molar-refractivity contribution in [3.8, 4) is 5.75 Å². The van der Waals surface area contributed by atoms with E-state index in [0.29, 0.717) is 22.8 Å². The highest BCUT2D eigenvalue weighted by Crippen LogP contribution is 2.51. The number of aliphatic hydroxyl groups is 1. The lowest BCUT2D eigenvalue weighted by molar-refractivity contribution is -0.139. The van der Waals surface area contributed by atoms with Crippen LogP contribution in [0.2, 0.25) is 10.0 Å². The number of carboxylic acids is 1. The Morgan fingerprint density at radius 2 is 1.85 bits per heavy atom. The summed E-state index contributed by atoms with van der Waals surface area (Å²) in [5.74, 6) is -2.37. The molecule has 180 valence electrons. The first-order valence-electron chi connectivity index (χ1n) is 10.6. The molecule has 0 bridgehead atoms. The zero-order valence-electron chi connectivity index (χ0n) is 18.7. The summed E-state index contributed by atoms with van der Waals surface area (Å²) in [5, 5.41) is 23.1. The van der Waals surface area contributed by atoms with Gasteiger partial charge in [-0.3, -0.25) is 10.1 Å². The van der Waals surface area contributed by atoms with Crippen molar-refractivity contribution >= 4 is 29.2 Å². The molecule has 0 radical (unpaired) electrons. The minimum atomic E-state index is -1.48. The van der Waals surface area contributed by atoms with Crippen molar-refractivity contribution in [2.45, 2.75) is 50.7 Å². The first-order valence-corrected chi connectivity index (χ1v) is 11.4. The van der Waals surface area contributed by atoms with E-state index >= 15 is 4.39 Å². The Hall–Kier alpha value is -1.90. The van der Waals surface area contributed by atoms with Gasteiger partial charge in [0.2, 0.25) is 0 Å². The summed E-state index contributed by atoms with van der Waals surface area (Å²) >= 11 is 12.3. The molecule has 5 N–H and O–H groups in total. The maximum absolute atomic E-state index is 15.3. The number of carboxylic acid groups (broad SMARTS) is 1. The SMILES string of the molecule is CC(C)(C)C[C@@H]1N[C@@H](C(=O)O)[C@H](c2cc(Cl)ccc2OCCO)[C@@]1(N)c1ccc(Cl)cc1F. The zero-order chi connectivity index (χ0) is 24.6. The molecule has 1 fully saturated rings. The van der Waals surface area contributed by atoms with Gasteiger partial charge in [0.1, 0.15) is 24.2 Å². The molecule has 0 aliphatic carbocycles. The number of carbonyl (C=O) groups is 1. The molecule has 3 rings (SSSR count). The Morgan fingerprint density at radius 3 is 2.42 bits per heavy atom. The van der Waals surface area contributed by atoms with E-state index in [2.05, 4.69) is 5.32 Å². The molecule has 0 saturated carbocycles. The highest BCUT2D eigenvalue weighted by atomic mass is 35.5. The van der Waals surface area contributed by atoms with Crippen molar-refractivity contribution in [2.24, 2.45) is 11.1 Å². The van der Waals surface area contributed by atoms with Crippen LogP contribution in [0.4, 0.5) is 4.39 Å². The van der Waals surface area contributed by atoms with Crippen LogP contribution >= 0.6 is 23.2 Å². The molecule has 0 amide bonds. The van der Waals surface area contributed by atoms with Crippen LogP contribution in [0.5, 0.6) is 5.75 Å². The smallest absolute Gasteiger partial charge is 0.321 e. The molecule has 1 heterocycles. The van der Waals surface area contributed by atoms with Crippen molar-refractivity contribution in [3.05, 3.63) is 63.4 Å². The fourth-order valence-corrected chi connectivity index (χ4v) is 5.02. The number of nitrogens with two attached hydrogens (primary N) is 1. The summed E-state index contributed by atoms with van der Waals surface area (Å²) in [5.41, 5.74) is 5.93. The number of nitrogens with one attached hydrogen (secondary N) is 1. The number of halogens is 3. The van der Waals surface area contributed by atoms with Gasteiger partial charge in [0.25, 0.3) is 0 Å². The molecule has 2 aromatic rings. The van der Waals surface area contributed by atoms with E-state index in [1.807, 2.05) is 20.8 Å². The van der Waals surface area contributed by atoms with Crippen molar-refractivity contribution in [2.75, 3.05) is 13.2 Å². The molecule has 1 aliphatic rings. The lowest BCUT2D eigenvalue weighted by Crippen LogP contribution is -2.52. The largest absolute Gasteiger partial charge is 0.491 e. The van der Waals surface area contributed by atoms with Crippen LogP contribution in [0.15, 0.2) is 36.4 Å². The highest BCUT2D eigenvalue weighted by Gasteiger charge is 2.58. The second-order valence-corrected chi connectivity index (χ2v) is 10.5. The fraction of sp³-hybridized carbons (Fsp3) is 0.458. The maximum atomic E-state index is 15.3. The van der Waals surface area contributed by atoms with Gasteiger partial charge in [0.15, 0.2) is 0 Å². The molecule has 0 unspecified atom stereocenters. The average molecular weight is 499 g/mol. The van der Waals surface area contributed by atoms with Gasteiger partial charge in [-0.15, -0.1) is 0 Å². The lowest BCUT2D eigenvalue weighted by atomic mass is 9.68. The molecule has 0 aromatic heterocycles. The second-order valence-electron chi connectivity index (χ2n) is 9.59. The number of aliphatic hydroxyl groups excluding tert-OH is 1. The van der Waals surface area contributed by atoms with E-state index in [0.717, 1.165) is 0 Å². The molecule has 1 aliphatic heterocycles. The summed E-state index contributed by atoms with van der Waals surface area (Å²) in [6, 6.07) is 7.26. The summed E-state index contributed by atoms with van der Waals surface area (Å²) in [7, 11) is 0. The van der Waals surface area contributed by atoms with E-state index in [-0.39, 0.29) is 29.2 Å². The quantitative estimate of drug-likeness (QED) is 0.453. The summed E-state index contributed by atoms with van der Waals surface area (Å²) in [6.07, 6.45) is 0.471. The zero-order valence-corrected chi connectivity index (χ0v) is 20.3. The Morgan fingerprint density at radius 1 is 1.21 bits per heavy atom. The van der Waals surface area contributed by atoms with Gasteiger partial charge in [-0.05, 0) is 42.2 Å². The van der Waals surface area contributed by atoms with Crippen molar-refractivity contribution < 1.29 is 24.1 Å². The van der Waals surface area contributed by atoms with E-state index in [1.165, 1.54) is 18.2 Å². The van der Waals surface area contributed by atoms with Gasteiger partial charge < -0.3 is 20.7 Å². The Kier molecular flexibility index (Phi) is 7.61. The monoisotopic (exact) mass is 498 g/mol. The van der Waals surface area contributed by atoms with Gasteiger partial charge >= 0.3 is 5.97 Å².